The zero-order chi connectivity index (χ0) is 20.9. The molecule has 2 amide bonds. The lowest BCUT2D eigenvalue weighted by Gasteiger charge is -2.26. The molecular formula is C19H19Cl2N3O4S. The van der Waals surface area contributed by atoms with Crippen molar-refractivity contribution < 1.29 is 17.9 Å². The molecule has 2 N–H and O–H groups in total. The fraction of sp³-hybridized carbons (Fsp3) is 0.211. The van der Waals surface area contributed by atoms with Gasteiger partial charge in [0, 0.05) is 24.3 Å². The number of carbonyl (C=O) groups excluding carboxylic acids is 1. The molecule has 2 aromatic rings. The zero-order valence-corrected chi connectivity index (χ0v) is 17.6. The molecule has 29 heavy (non-hydrogen) atoms. The third-order valence-electron chi connectivity index (χ3n) is 4.13. The third kappa shape index (κ3) is 5.71. The van der Waals surface area contributed by atoms with Crippen molar-refractivity contribution in [3.05, 3.63) is 64.3 Å². The van der Waals surface area contributed by atoms with Gasteiger partial charge in [0.1, 0.15) is 0 Å². The van der Waals surface area contributed by atoms with Crippen molar-refractivity contribution in [3.63, 3.8) is 0 Å². The number of urea groups is 1. The first kappa shape index (κ1) is 21.6. The molecular weight excluding hydrogens is 437 g/mol. The molecule has 0 spiro atoms. The number of nitrogens with one attached hydrogen (secondary N) is 2. The Morgan fingerprint density at radius 1 is 1.10 bits per heavy atom. The predicted octanol–water partition coefficient (Wildman–Crippen LogP) is 3.81. The number of morpholine rings is 1. The summed E-state index contributed by atoms with van der Waals surface area (Å²) in [5.74, 6) is 0. The van der Waals surface area contributed by atoms with Crippen molar-refractivity contribution in [2.75, 3.05) is 31.6 Å². The van der Waals surface area contributed by atoms with E-state index in [-0.39, 0.29) is 28.7 Å². The quantitative estimate of drug-likeness (QED) is 0.717. The molecule has 7 nitrogen and oxygen atoms in total. The SMILES string of the molecule is O=C(N/C=C/c1cccc(Cl)c1)Nc1cc(S(=O)(=O)N2CCOCC2)ccc1Cl. The summed E-state index contributed by atoms with van der Waals surface area (Å²) in [5.41, 5.74) is 1.00. The molecule has 0 unspecified atom stereocenters. The van der Waals surface area contributed by atoms with Crippen LogP contribution in [0.4, 0.5) is 10.5 Å². The summed E-state index contributed by atoms with van der Waals surface area (Å²) in [5, 5.41) is 5.90. The van der Waals surface area contributed by atoms with Crippen LogP contribution in [0.2, 0.25) is 10.0 Å². The van der Waals surface area contributed by atoms with Crippen molar-refractivity contribution in [2.45, 2.75) is 4.90 Å². The minimum atomic E-state index is -3.70. The molecule has 0 saturated carbocycles. The average molecular weight is 456 g/mol. The largest absolute Gasteiger partial charge is 0.379 e. The first-order valence-corrected chi connectivity index (χ1v) is 10.9. The fourth-order valence-corrected chi connectivity index (χ4v) is 4.48. The molecule has 1 aliphatic rings. The molecule has 1 heterocycles. The number of halogens is 2. The highest BCUT2D eigenvalue weighted by Gasteiger charge is 2.27. The number of hydrogen-bond donors (Lipinski definition) is 2. The maximum absolute atomic E-state index is 12.8. The lowest BCUT2D eigenvalue weighted by atomic mass is 10.2. The van der Waals surface area contributed by atoms with Gasteiger partial charge in [0.05, 0.1) is 28.8 Å². The van der Waals surface area contributed by atoms with Gasteiger partial charge in [-0.1, -0.05) is 35.3 Å². The van der Waals surface area contributed by atoms with Crippen LogP contribution in [-0.2, 0) is 14.8 Å². The van der Waals surface area contributed by atoms with E-state index in [9.17, 15) is 13.2 Å². The van der Waals surface area contributed by atoms with Crippen LogP contribution in [0, 0.1) is 0 Å². The number of amides is 2. The standard InChI is InChI=1S/C19H19Cl2N3O4S/c20-15-3-1-2-14(12-15)6-7-22-19(25)23-18-13-16(4-5-17(18)21)29(26,27)24-8-10-28-11-9-24/h1-7,12-13H,8-11H2,(H2,22,23,25)/b7-6+. The Hall–Kier alpha value is -2.10. The van der Waals surface area contributed by atoms with E-state index in [2.05, 4.69) is 10.6 Å². The van der Waals surface area contributed by atoms with E-state index in [1.165, 1.54) is 28.7 Å². The van der Waals surface area contributed by atoms with Crippen molar-refractivity contribution in [1.82, 2.24) is 9.62 Å². The second-order valence-electron chi connectivity index (χ2n) is 6.14. The third-order valence-corrected chi connectivity index (χ3v) is 6.59. The summed E-state index contributed by atoms with van der Waals surface area (Å²) in [6.45, 7) is 1.25. The van der Waals surface area contributed by atoms with Crippen LogP contribution in [0.1, 0.15) is 5.56 Å². The molecule has 3 rings (SSSR count). The number of anilines is 1. The van der Waals surface area contributed by atoms with Gasteiger partial charge in [-0.15, -0.1) is 0 Å². The second kappa shape index (κ2) is 9.60. The molecule has 10 heteroatoms. The molecule has 2 aromatic carbocycles. The van der Waals surface area contributed by atoms with E-state index in [4.69, 9.17) is 27.9 Å². The Morgan fingerprint density at radius 3 is 2.59 bits per heavy atom. The molecule has 0 aromatic heterocycles. The van der Waals surface area contributed by atoms with Crippen molar-refractivity contribution in [2.24, 2.45) is 0 Å². The van der Waals surface area contributed by atoms with E-state index in [0.29, 0.717) is 18.2 Å². The minimum Gasteiger partial charge on any atom is -0.379 e. The molecule has 0 radical (unpaired) electrons. The van der Waals surface area contributed by atoms with E-state index in [1.54, 1.807) is 24.3 Å². The van der Waals surface area contributed by atoms with Gasteiger partial charge in [0.15, 0.2) is 0 Å². The second-order valence-corrected chi connectivity index (χ2v) is 8.93. The van der Waals surface area contributed by atoms with Crippen molar-refractivity contribution >= 4 is 51.0 Å². The van der Waals surface area contributed by atoms with Crippen LogP contribution >= 0.6 is 23.2 Å². The van der Waals surface area contributed by atoms with Gasteiger partial charge in [0.25, 0.3) is 0 Å². The molecule has 1 saturated heterocycles. The summed E-state index contributed by atoms with van der Waals surface area (Å²) >= 11 is 12.0. The van der Waals surface area contributed by atoms with Gasteiger partial charge >= 0.3 is 6.03 Å². The van der Waals surface area contributed by atoms with Gasteiger partial charge in [-0.2, -0.15) is 4.31 Å². The maximum atomic E-state index is 12.8. The first-order valence-electron chi connectivity index (χ1n) is 8.73. The number of benzene rings is 2. The summed E-state index contributed by atoms with van der Waals surface area (Å²) in [7, 11) is -3.70. The van der Waals surface area contributed by atoms with E-state index < -0.39 is 16.1 Å². The Morgan fingerprint density at radius 2 is 1.86 bits per heavy atom. The maximum Gasteiger partial charge on any atom is 0.323 e. The van der Waals surface area contributed by atoms with Crippen molar-refractivity contribution in [3.8, 4) is 0 Å². The van der Waals surface area contributed by atoms with Crippen molar-refractivity contribution in [1.29, 1.82) is 0 Å². The van der Waals surface area contributed by atoms with Gasteiger partial charge < -0.3 is 15.4 Å². The summed E-state index contributed by atoms with van der Waals surface area (Å²) < 4.78 is 32.1. The van der Waals surface area contributed by atoms with Crippen LogP contribution < -0.4 is 10.6 Å². The first-order chi connectivity index (χ1) is 13.9. The van der Waals surface area contributed by atoms with Crippen LogP contribution in [0.3, 0.4) is 0 Å². The highest BCUT2D eigenvalue weighted by Crippen LogP contribution is 2.27. The van der Waals surface area contributed by atoms with E-state index in [0.717, 1.165) is 5.56 Å². The van der Waals surface area contributed by atoms with Gasteiger partial charge in [0.2, 0.25) is 10.0 Å². The fourth-order valence-electron chi connectivity index (χ4n) is 2.68. The number of hydrogen-bond acceptors (Lipinski definition) is 4. The number of rotatable bonds is 5. The summed E-state index contributed by atoms with van der Waals surface area (Å²) in [6, 6.07) is 10.7. The summed E-state index contributed by atoms with van der Waals surface area (Å²) in [6.07, 6.45) is 3.12. The number of ether oxygens (including phenoxy) is 1. The molecule has 1 fully saturated rings. The smallest absolute Gasteiger partial charge is 0.323 e. The highest BCUT2D eigenvalue weighted by atomic mass is 35.5. The molecule has 1 aliphatic heterocycles. The van der Waals surface area contributed by atoms with Gasteiger partial charge in [-0.25, -0.2) is 13.2 Å². The van der Waals surface area contributed by atoms with Crippen LogP contribution in [0.25, 0.3) is 6.08 Å². The van der Waals surface area contributed by atoms with Crippen LogP contribution in [0.15, 0.2) is 53.6 Å². The molecule has 0 atom stereocenters. The average Bonchev–Trinajstić information content (AvgIpc) is 2.70. The lowest BCUT2D eigenvalue weighted by Crippen LogP contribution is -2.40. The van der Waals surface area contributed by atoms with Gasteiger partial charge in [-0.05, 0) is 42.0 Å². The highest BCUT2D eigenvalue weighted by molar-refractivity contribution is 7.89. The van der Waals surface area contributed by atoms with E-state index in [1.807, 2.05) is 6.07 Å². The van der Waals surface area contributed by atoms with Gasteiger partial charge in [-0.3, -0.25) is 0 Å². The summed E-state index contributed by atoms with van der Waals surface area (Å²) in [4.78, 5) is 12.2. The lowest BCUT2D eigenvalue weighted by molar-refractivity contribution is 0.0730. The molecule has 154 valence electrons. The zero-order valence-electron chi connectivity index (χ0n) is 15.3. The minimum absolute atomic E-state index is 0.0496. The Bertz CT molecular complexity index is 1020. The van der Waals surface area contributed by atoms with E-state index >= 15 is 0 Å². The predicted molar refractivity (Wildman–Crippen MR) is 114 cm³/mol. The number of carbonyl (C=O) groups is 1. The Kier molecular flexibility index (Phi) is 7.15. The monoisotopic (exact) mass is 455 g/mol. The molecule has 0 bridgehead atoms. The Labute approximate surface area is 179 Å². The topological polar surface area (TPSA) is 87.7 Å². The van der Waals surface area contributed by atoms with Crippen LogP contribution in [0.5, 0.6) is 0 Å². The number of nitrogens with zero attached hydrogens (tertiary/aromatic N) is 1. The molecule has 0 aliphatic carbocycles. The number of sulfonamides is 1. The van der Waals surface area contributed by atoms with Crippen LogP contribution in [-0.4, -0.2) is 45.1 Å². The Balaban J connectivity index is 1.68. The normalized spacial score (nSPS) is 15.4.